The average Bonchev–Trinajstić information content (AvgIpc) is 2.83. The molecular weight excluding hydrogens is 431 g/mol. The van der Waals surface area contributed by atoms with Crippen molar-refractivity contribution in [1.82, 2.24) is 10.6 Å². The van der Waals surface area contributed by atoms with Gasteiger partial charge >= 0.3 is 12.0 Å². The highest BCUT2D eigenvalue weighted by Crippen LogP contribution is 2.34. The molecule has 1 aliphatic rings. The number of hydrogen-bond donors (Lipinski definition) is 2. The summed E-state index contributed by atoms with van der Waals surface area (Å²) >= 11 is 2.02. The Morgan fingerprint density at radius 3 is 2.62 bits per heavy atom. The van der Waals surface area contributed by atoms with Crippen molar-refractivity contribution in [1.29, 1.82) is 0 Å². The van der Waals surface area contributed by atoms with Crippen molar-refractivity contribution >= 4 is 46.6 Å². The predicted molar refractivity (Wildman–Crippen MR) is 92.5 cm³/mol. The average molecular weight is 446 g/mol. The molecule has 8 nitrogen and oxygen atoms in total. The molecule has 0 spiro atoms. The van der Waals surface area contributed by atoms with Crippen molar-refractivity contribution in [2.24, 2.45) is 0 Å². The van der Waals surface area contributed by atoms with Crippen molar-refractivity contribution in [3.05, 3.63) is 27.0 Å². The van der Waals surface area contributed by atoms with Gasteiger partial charge in [-0.15, -0.1) is 0 Å². The largest absolute Gasteiger partial charge is 0.493 e. The number of amides is 3. The van der Waals surface area contributed by atoms with E-state index in [0.717, 1.165) is 0 Å². The molecule has 0 aliphatic carbocycles. The molecule has 0 saturated carbocycles. The molecule has 1 fully saturated rings. The minimum absolute atomic E-state index is 0.137. The molecule has 0 aromatic heterocycles. The van der Waals surface area contributed by atoms with Crippen molar-refractivity contribution < 1.29 is 28.6 Å². The van der Waals surface area contributed by atoms with E-state index in [0.29, 0.717) is 20.6 Å². The van der Waals surface area contributed by atoms with E-state index in [1.54, 1.807) is 19.1 Å². The summed E-state index contributed by atoms with van der Waals surface area (Å²) in [6.45, 7) is 1.75. The van der Waals surface area contributed by atoms with Gasteiger partial charge in [-0.1, -0.05) is 0 Å². The van der Waals surface area contributed by atoms with Crippen molar-refractivity contribution in [2.75, 3.05) is 20.3 Å². The number of carbonyl (C=O) groups is 3. The number of rotatable bonds is 6. The lowest BCUT2D eigenvalue weighted by Crippen LogP contribution is -2.22. The van der Waals surface area contributed by atoms with Gasteiger partial charge in [0.1, 0.15) is 5.70 Å². The Kier molecular flexibility index (Phi) is 6.01. The number of urea groups is 1. The van der Waals surface area contributed by atoms with Crippen LogP contribution in [0.3, 0.4) is 0 Å². The maximum absolute atomic E-state index is 11.6. The van der Waals surface area contributed by atoms with Crippen LogP contribution in [0.1, 0.15) is 12.5 Å². The lowest BCUT2D eigenvalue weighted by atomic mass is 10.1. The zero-order valence-corrected chi connectivity index (χ0v) is 15.1. The second-order valence-electron chi connectivity index (χ2n) is 4.59. The second-order valence-corrected chi connectivity index (χ2v) is 5.76. The van der Waals surface area contributed by atoms with Crippen molar-refractivity contribution in [2.45, 2.75) is 6.92 Å². The number of esters is 1. The van der Waals surface area contributed by atoms with E-state index in [9.17, 15) is 14.4 Å². The molecule has 1 aliphatic heterocycles. The van der Waals surface area contributed by atoms with E-state index < -0.39 is 17.9 Å². The maximum Gasteiger partial charge on any atom is 0.344 e. The van der Waals surface area contributed by atoms with Crippen molar-refractivity contribution in [3.63, 3.8) is 0 Å². The Balaban J connectivity index is 2.24. The monoisotopic (exact) mass is 446 g/mol. The summed E-state index contributed by atoms with van der Waals surface area (Å²) in [5.41, 5.74) is 0.769. The van der Waals surface area contributed by atoms with Gasteiger partial charge in [-0.2, -0.15) is 0 Å². The standard InChI is InChI=1S/C15H15IN2O6/c1-3-23-12(19)7-24-13-9(16)4-8(6-11(13)22-2)5-10-14(20)18-15(21)17-10/h4-6H,3,7H2,1-2H3,(H2,17,18,20,21). The van der Waals surface area contributed by atoms with E-state index in [1.165, 1.54) is 13.2 Å². The van der Waals surface area contributed by atoms with Crippen LogP contribution >= 0.6 is 22.6 Å². The quantitative estimate of drug-likeness (QED) is 0.297. The van der Waals surface area contributed by atoms with Gasteiger partial charge in [0, 0.05) is 0 Å². The third kappa shape index (κ3) is 4.37. The molecule has 3 amide bonds. The third-order valence-corrected chi connectivity index (χ3v) is 3.72. The molecule has 2 rings (SSSR count). The molecule has 1 aromatic carbocycles. The lowest BCUT2D eigenvalue weighted by molar-refractivity contribution is -0.145. The zero-order chi connectivity index (χ0) is 17.7. The summed E-state index contributed by atoms with van der Waals surface area (Å²) in [5.74, 6) is -0.195. The Hall–Kier alpha value is -2.30. The van der Waals surface area contributed by atoms with Crippen LogP contribution in [0.5, 0.6) is 11.5 Å². The minimum atomic E-state index is -0.567. The first-order chi connectivity index (χ1) is 11.4. The first kappa shape index (κ1) is 18.0. The summed E-state index contributed by atoms with van der Waals surface area (Å²) in [4.78, 5) is 34.1. The Morgan fingerprint density at radius 1 is 1.29 bits per heavy atom. The lowest BCUT2D eigenvalue weighted by Gasteiger charge is -2.13. The molecule has 9 heteroatoms. The Morgan fingerprint density at radius 2 is 2.04 bits per heavy atom. The van der Waals surface area contributed by atoms with Crippen LogP contribution in [0.15, 0.2) is 17.8 Å². The highest BCUT2D eigenvalue weighted by Gasteiger charge is 2.23. The fraction of sp³-hybridized carbons (Fsp3) is 0.267. The number of methoxy groups -OCH3 is 1. The number of carbonyl (C=O) groups excluding carboxylic acids is 3. The predicted octanol–water partition coefficient (Wildman–Crippen LogP) is 1.42. The molecule has 0 radical (unpaired) electrons. The SMILES string of the molecule is CCOC(=O)COc1c(I)cc(C=C2NC(=O)NC2=O)cc1OC. The molecule has 128 valence electrons. The van der Waals surface area contributed by atoms with Crippen LogP contribution in [0.2, 0.25) is 0 Å². The van der Waals surface area contributed by atoms with Crippen LogP contribution in [-0.4, -0.2) is 38.2 Å². The fourth-order valence-corrected chi connectivity index (χ4v) is 2.73. The van der Waals surface area contributed by atoms with E-state index in [4.69, 9.17) is 14.2 Å². The van der Waals surface area contributed by atoms with Crippen LogP contribution in [0, 0.1) is 3.57 Å². The number of ether oxygens (including phenoxy) is 3. The molecule has 0 atom stereocenters. The van der Waals surface area contributed by atoms with E-state index in [-0.39, 0.29) is 18.9 Å². The van der Waals surface area contributed by atoms with E-state index in [1.807, 2.05) is 22.6 Å². The van der Waals surface area contributed by atoms with Gasteiger partial charge in [0.25, 0.3) is 5.91 Å². The third-order valence-electron chi connectivity index (χ3n) is 2.92. The van der Waals surface area contributed by atoms with Gasteiger partial charge in [-0.25, -0.2) is 9.59 Å². The first-order valence-electron chi connectivity index (χ1n) is 6.94. The molecule has 0 bridgehead atoms. The summed E-state index contributed by atoms with van der Waals surface area (Å²) < 4.78 is 16.2. The zero-order valence-electron chi connectivity index (χ0n) is 13.0. The van der Waals surface area contributed by atoms with Gasteiger partial charge in [0.2, 0.25) is 0 Å². The molecule has 2 N–H and O–H groups in total. The Labute approximate surface area is 151 Å². The van der Waals surface area contributed by atoms with Crippen LogP contribution in [0.4, 0.5) is 4.79 Å². The van der Waals surface area contributed by atoms with Gasteiger partial charge in [-0.05, 0) is 53.3 Å². The molecule has 1 heterocycles. The summed E-state index contributed by atoms with van der Waals surface area (Å²) in [5, 5.41) is 4.52. The van der Waals surface area contributed by atoms with Crippen LogP contribution < -0.4 is 20.1 Å². The number of hydrogen-bond acceptors (Lipinski definition) is 6. The topological polar surface area (TPSA) is 103 Å². The van der Waals surface area contributed by atoms with Crippen LogP contribution in [-0.2, 0) is 14.3 Å². The summed E-state index contributed by atoms with van der Waals surface area (Å²) in [6, 6.07) is 2.80. The summed E-state index contributed by atoms with van der Waals surface area (Å²) in [6.07, 6.45) is 1.51. The fourth-order valence-electron chi connectivity index (χ4n) is 1.95. The summed E-state index contributed by atoms with van der Waals surface area (Å²) in [7, 11) is 1.46. The van der Waals surface area contributed by atoms with E-state index >= 15 is 0 Å². The van der Waals surface area contributed by atoms with E-state index in [2.05, 4.69) is 10.6 Å². The van der Waals surface area contributed by atoms with Crippen molar-refractivity contribution in [3.8, 4) is 11.5 Å². The first-order valence-corrected chi connectivity index (χ1v) is 8.02. The molecule has 1 aromatic rings. The number of imide groups is 1. The maximum atomic E-state index is 11.6. The van der Waals surface area contributed by atoms with Crippen LogP contribution in [0.25, 0.3) is 6.08 Å². The van der Waals surface area contributed by atoms with Gasteiger partial charge in [0.15, 0.2) is 18.1 Å². The molecule has 24 heavy (non-hydrogen) atoms. The van der Waals surface area contributed by atoms with Gasteiger partial charge in [0.05, 0.1) is 17.3 Å². The number of benzene rings is 1. The molecule has 1 saturated heterocycles. The highest BCUT2D eigenvalue weighted by molar-refractivity contribution is 14.1. The highest BCUT2D eigenvalue weighted by atomic mass is 127. The smallest absolute Gasteiger partial charge is 0.344 e. The van der Waals surface area contributed by atoms with Gasteiger partial charge < -0.3 is 19.5 Å². The molecular formula is C15H15IN2O6. The second kappa shape index (κ2) is 7.99. The Bertz CT molecular complexity index is 716. The molecule has 0 unspecified atom stereocenters. The number of nitrogens with one attached hydrogen (secondary N) is 2. The normalized spacial score (nSPS) is 15.0. The van der Waals surface area contributed by atoms with Gasteiger partial charge in [-0.3, -0.25) is 10.1 Å². The minimum Gasteiger partial charge on any atom is -0.493 e. The number of halogens is 1.